The fourth-order valence-corrected chi connectivity index (χ4v) is 13.2. The number of anilines is 2. The van der Waals surface area contributed by atoms with Crippen LogP contribution < -0.4 is 36.4 Å². The first-order valence-corrected chi connectivity index (χ1v) is 34.6. The number of nitrogens with one attached hydrogen (secondary N) is 7. The van der Waals surface area contributed by atoms with E-state index >= 15 is 8.78 Å². The number of nitrogens with zero attached hydrogens (tertiary/aromatic N) is 7. The van der Waals surface area contributed by atoms with Crippen LogP contribution in [-0.4, -0.2) is 202 Å². The highest BCUT2D eigenvalue weighted by Crippen LogP contribution is 2.37. The Balaban J connectivity index is 0.000000243. The molecule has 0 bridgehead atoms. The summed E-state index contributed by atoms with van der Waals surface area (Å²) in [5.74, 6) is -2.17. The fraction of sp³-hybridized carbons (Fsp3) is 0.452. The molecule has 6 aromatic rings. The molecule has 0 unspecified atom stereocenters. The summed E-state index contributed by atoms with van der Waals surface area (Å²) in [5.41, 5.74) is 5.50. The number of amides is 10. The van der Waals surface area contributed by atoms with Crippen molar-refractivity contribution in [2.75, 3.05) is 70.3 Å². The molecule has 2 aromatic heterocycles. The number of ether oxygens (including phenoxy) is 4. The number of cyclic esters (lactones) is 2. The van der Waals surface area contributed by atoms with Crippen molar-refractivity contribution in [1.29, 1.82) is 0 Å². The van der Waals surface area contributed by atoms with Crippen molar-refractivity contribution >= 4 is 71.6 Å². The average Bonchev–Trinajstić information content (AvgIpc) is 1.70. The first-order chi connectivity index (χ1) is 50.0. The molecular weight excluding hydrogens is 1370 g/mol. The third kappa shape index (κ3) is 18.5. The molecule has 30 nitrogen and oxygen atoms in total. The molecule has 6 heterocycles. The summed E-state index contributed by atoms with van der Waals surface area (Å²) in [6, 6.07) is 19.4. The van der Waals surface area contributed by atoms with E-state index in [1.807, 2.05) is 52.0 Å². The first-order valence-electron chi connectivity index (χ1n) is 34.6. The Kier molecular flexibility index (Phi) is 25.4. The lowest BCUT2D eigenvalue weighted by Crippen LogP contribution is -2.51. The van der Waals surface area contributed by atoms with Crippen LogP contribution in [-0.2, 0) is 38.1 Å². The summed E-state index contributed by atoms with van der Waals surface area (Å²) < 4.78 is 51.2. The quantitative estimate of drug-likeness (QED) is 0.0254. The highest BCUT2D eigenvalue weighted by molar-refractivity contribution is 5.93. The van der Waals surface area contributed by atoms with Gasteiger partial charge >= 0.3 is 36.6 Å². The van der Waals surface area contributed by atoms with Gasteiger partial charge in [-0.15, -0.1) is 0 Å². The Labute approximate surface area is 605 Å². The summed E-state index contributed by atoms with van der Waals surface area (Å²) in [6.07, 6.45) is -0.307. The lowest BCUT2D eigenvalue weighted by molar-refractivity contribution is -0.136. The second kappa shape index (κ2) is 34.3. The zero-order valence-corrected chi connectivity index (χ0v) is 60.2. The Hall–Kier alpha value is -11.3. The first kappa shape index (κ1) is 77.8. The van der Waals surface area contributed by atoms with Crippen LogP contribution >= 0.6 is 0 Å². The molecule has 4 saturated heterocycles. The minimum absolute atomic E-state index is 0.0351. The van der Waals surface area contributed by atoms with Crippen LogP contribution in [0.15, 0.2) is 97.3 Å². The van der Waals surface area contributed by atoms with E-state index in [9.17, 15) is 53.1 Å². The minimum atomic E-state index is -1.32. The molecule has 9 N–H and O–H groups in total. The summed E-state index contributed by atoms with van der Waals surface area (Å²) in [7, 11) is 3.83. The van der Waals surface area contributed by atoms with Gasteiger partial charge in [-0.05, 0) is 108 Å². The molecule has 4 fully saturated rings. The molecule has 4 aromatic carbocycles. The van der Waals surface area contributed by atoms with Crippen LogP contribution in [0.2, 0.25) is 0 Å². The molecule has 562 valence electrons. The zero-order valence-electron chi connectivity index (χ0n) is 60.2. The zero-order chi connectivity index (χ0) is 76.2. The number of H-pyrrole nitrogens is 2. The predicted octanol–water partition coefficient (Wildman–Crippen LogP) is 9.66. The molecule has 0 aliphatic carbocycles. The van der Waals surface area contributed by atoms with Gasteiger partial charge in [0.05, 0.1) is 87.6 Å². The van der Waals surface area contributed by atoms with E-state index in [4.69, 9.17) is 24.1 Å². The number of hydrogen-bond donors (Lipinski definition) is 9. The Morgan fingerprint density at radius 1 is 0.562 bits per heavy atom. The maximum absolute atomic E-state index is 15.5. The molecular formula is C73H90F2N14O16. The van der Waals surface area contributed by atoms with E-state index in [1.54, 1.807) is 98.4 Å². The largest absolute Gasteiger partial charge is 0.465 e. The number of carbonyl (C=O) groups excluding carboxylic acids is 8. The molecule has 4 aliphatic rings. The number of aromatic nitrogens is 4. The number of hydrogen-bond acceptors (Lipinski definition) is 16. The van der Waals surface area contributed by atoms with Crippen LogP contribution in [0.5, 0.6) is 0 Å². The van der Waals surface area contributed by atoms with Crippen LogP contribution in [0.25, 0.3) is 44.8 Å². The molecule has 4 aliphatic heterocycles. The predicted molar refractivity (Wildman–Crippen MR) is 380 cm³/mol. The van der Waals surface area contributed by atoms with Gasteiger partial charge in [-0.2, -0.15) is 0 Å². The van der Waals surface area contributed by atoms with Gasteiger partial charge < -0.3 is 75.5 Å². The second-order valence-corrected chi connectivity index (χ2v) is 27.4. The van der Waals surface area contributed by atoms with E-state index in [1.165, 1.54) is 43.2 Å². The van der Waals surface area contributed by atoms with Gasteiger partial charge in [0.15, 0.2) is 0 Å². The standard InChI is InChI=1S/C37H46FN7O8.C36H44FN7O8/c1-20(2)30(42-35(48)52-6)34(47)44-15-7-8-29(44)32-39-18-28(41-32)23-11-9-22(10-12-23)26-14-13-24(16-27(26)38)45-19-25(53-37(45)51)17-40-33(46)31(21(3)4)43(5)36(49)50;1-19(2)29(41-34(47)48)32(45)39-16-24-18-44(36(50)52-24)23-12-13-25(26(37)15-23)21-8-10-22(11-9-21)27-17-38-31(40-27)28-7-6-14-43(28)33(46)30(20(3)4)42-35(49)51-5/h9-14,16,18,20-21,25,29-31H,7-8,15,17,19H2,1-6H3,(H,39,41)(H,40,46)(H,42,48)(H,49,50);8-13,15,17,19-20,24,28-30,41H,6-7,14,16,18H2,1-5H3,(H,38,40)(H,39,45)(H,42,49)(H,47,48)/t25-,29-,30-,31-;24-,28-,29-,30-/m00/s1. The maximum atomic E-state index is 15.5. The third-order valence-electron chi connectivity index (χ3n) is 18.8. The van der Waals surface area contributed by atoms with Crippen LogP contribution in [0.3, 0.4) is 0 Å². The van der Waals surface area contributed by atoms with Gasteiger partial charge in [-0.1, -0.05) is 104 Å². The van der Waals surface area contributed by atoms with E-state index in [-0.39, 0.29) is 85.1 Å². The molecule has 8 atom stereocenters. The van der Waals surface area contributed by atoms with Crippen molar-refractivity contribution in [3.63, 3.8) is 0 Å². The molecule has 0 radical (unpaired) electrons. The lowest BCUT2D eigenvalue weighted by Gasteiger charge is -2.30. The van der Waals surface area contributed by atoms with Crippen LogP contribution in [0.4, 0.5) is 48.9 Å². The van der Waals surface area contributed by atoms with Crippen molar-refractivity contribution in [1.82, 2.24) is 61.2 Å². The van der Waals surface area contributed by atoms with Crippen molar-refractivity contribution in [3.05, 3.63) is 121 Å². The number of imidazole rings is 2. The third-order valence-corrected chi connectivity index (χ3v) is 18.8. The number of rotatable bonds is 24. The van der Waals surface area contributed by atoms with Crippen molar-refractivity contribution in [2.45, 2.75) is 130 Å². The molecule has 0 saturated carbocycles. The van der Waals surface area contributed by atoms with Crippen molar-refractivity contribution < 1.29 is 85.9 Å². The normalized spacial score (nSPS) is 18.2. The summed E-state index contributed by atoms with van der Waals surface area (Å²) >= 11 is 0. The minimum Gasteiger partial charge on any atom is -0.465 e. The van der Waals surface area contributed by atoms with E-state index in [0.29, 0.717) is 59.8 Å². The van der Waals surface area contributed by atoms with Gasteiger partial charge in [0.2, 0.25) is 23.6 Å². The van der Waals surface area contributed by atoms with E-state index in [0.717, 1.165) is 40.3 Å². The van der Waals surface area contributed by atoms with E-state index in [2.05, 4.69) is 46.5 Å². The summed E-state index contributed by atoms with van der Waals surface area (Å²) in [5, 5.41) is 31.1. The van der Waals surface area contributed by atoms with E-state index < -0.39 is 96.4 Å². The van der Waals surface area contributed by atoms with Crippen molar-refractivity contribution in [3.8, 4) is 44.8 Å². The summed E-state index contributed by atoms with van der Waals surface area (Å²) in [6.45, 7) is 15.4. The Morgan fingerprint density at radius 3 is 1.30 bits per heavy atom. The summed E-state index contributed by atoms with van der Waals surface area (Å²) in [4.78, 5) is 147. The average molecular weight is 1460 g/mol. The fourth-order valence-electron chi connectivity index (χ4n) is 13.2. The number of likely N-dealkylation sites (N-methyl/N-ethyl adjacent to an activating group) is 1. The van der Waals surface area contributed by atoms with Crippen LogP contribution in [0.1, 0.15) is 105 Å². The Morgan fingerprint density at radius 2 is 0.952 bits per heavy atom. The topological polar surface area (TPSA) is 382 Å². The SMILES string of the molecule is COC(=O)N[C@H](C(=O)N1CCC[C@H]1c1ncc(-c2ccc(-c3ccc(N4C[C@H](CNC(=O)[C@@H](NC(=O)O)C(C)C)OC4=O)cc3F)cc2)[nH]1)C(C)C.COC(=O)N[C@H](C(=O)N1CCC[C@H]1c1ncc(-c2ccc(-c3ccc(N4C[C@H](CNC(=O)[C@H](C(C)C)N(C)C(=O)O)OC4=O)cc3F)cc2)[nH]1)C(C)C. The molecule has 105 heavy (non-hydrogen) atoms. The Bertz CT molecular complexity index is 4150. The number of benzene rings is 4. The molecule has 32 heteroatoms. The second-order valence-electron chi connectivity index (χ2n) is 27.4. The number of halogens is 2. The highest BCUT2D eigenvalue weighted by atomic mass is 19.1. The van der Waals surface area contributed by atoms with Crippen molar-refractivity contribution in [2.24, 2.45) is 23.7 Å². The van der Waals surface area contributed by atoms with Gasteiger partial charge in [0.25, 0.3) is 0 Å². The van der Waals surface area contributed by atoms with Gasteiger partial charge in [-0.3, -0.25) is 33.9 Å². The maximum Gasteiger partial charge on any atom is 0.414 e. The monoisotopic (exact) mass is 1460 g/mol. The number of aromatic amines is 2. The number of alkyl carbamates (subject to hydrolysis) is 2. The number of carboxylic acid groups (broad SMARTS) is 2. The molecule has 10 rings (SSSR count). The van der Waals surface area contributed by atoms with Crippen LogP contribution in [0, 0.1) is 35.3 Å². The van der Waals surface area contributed by atoms with Gasteiger partial charge in [0.1, 0.15) is 59.7 Å². The number of carbonyl (C=O) groups is 10. The lowest BCUT2D eigenvalue weighted by atomic mass is 10.0. The van der Waals surface area contributed by atoms with Gasteiger partial charge in [-0.25, -0.2) is 47.5 Å². The smallest absolute Gasteiger partial charge is 0.414 e. The molecule has 10 amide bonds. The number of likely N-dealkylation sites (tertiary alicyclic amines) is 2. The van der Waals surface area contributed by atoms with Gasteiger partial charge in [0, 0.05) is 31.3 Å². The highest BCUT2D eigenvalue weighted by Gasteiger charge is 2.41. The molecule has 0 spiro atoms. The number of methoxy groups -OCH3 is 2.